The Morgan fingerprint density at radius 3 is 2.35 bits per heavy atom. The van der Waals surface area contributed by atoms with Gasteiger partial charge in [0, 0.05) is 6.54 Å². The molecule has 2 N–H and O–H groups in total. The maximum atomic E-state index is 11.2. The number of carbonyl (C=O) groups is 2. The molecule has 1 amide bonds. The smallest absolute Gasteiger partial charge is 0.407 e. The van der Waals surface area contributed by atoms with Crippen molar-refractivity contribution in [3.05, 3.63) is 0 Å². The summed E-state index contributed by atoms with van der Waals surface area (Å²) < 4.78 is 4.96. The minimum Gasteiger partial charge on any atom is -0.481 e. The highest BCUT2D eigenvalue weighted by Gasteiger charge is 2.26. The molecule has 0 radical (unpaired) electrons. The number of nitrogens with one attached hydrogen (secondary N) is 1. The second-order valence-corrected chi connectivity index (χ2v) is 4.89. The first-order valence-corrected chi connectivity index (χ1v) is 6.16. The highest BCUT2D eigenvalue weighted by Crippen LogP contribution is 2.28. The number of carboxylic acid groups (broad SMARTS) is 1. The molecule has 5 heteroatoms. The predicted molar refractivity (Wildman–Crippen MR) is 62.7 cm³/mol. The van der Waals surface area contributed by atoms with Crippen molar-refractivity contribution in [1.82, 2.24) is 5.32 Å². The fraction of sp³-hybridized carbons (Fsp3) is 0.833. The van der Waals surface area contributed by atoms with Crippen molar-refractivity contribution in [2.45, 2.75) is 45.6 Å². The van der Waals surface area contributed by atoms with Crippen LogP contribution in [-0.4, -0.2) is 29.8 Å². The minimum atomic E-state index is -0.698. The van der Waals surface area contributed by atoms with Crippen LogP contribution in [0.25, 0.3) is 0 Å². The van der Waals surface area contributed by atoms with E-state index in [1.54, 1.807) is 13.8 Å². The van der Waals surface area contributed by atoms with Gasteiger partial charge in [0.15, 0.2) is 0 Å². The summed E-state index contributed by atoms with van der Waals surface area (Å²) in [6, 6.07) is 0. The standard InChI is InChI=1S/C12H21NO4/c1-8(2)17-12(16)13-7-9-3-5-10(6-4-9)11(14)15/h8-10H,3-7H2,1-2H3,(H,13,16)(H,14,15). The molecule has 1 aliphatic rings. The number of ether oxygens (including phenoxy) is 1. The molecular formula is C12H21NO4. The van der Waals surface area contributed by atoms with E-state index in [0.717, 1.165) is 12.8 Å². The largest absolute Gasteiger partial charge is 0.481 e. The van der Waals surface area contributed by atoms with E-state index in [0.29, 0.717) is 25.3 Å². The van der Waals surface area contributed by atoms with Gasteiger partial charge in [-0.25, -0.2) is 4.79 Å². The average Bonchev–Trinajstić information content (AvgIpc) is 2.26. The number of hydrogen-bond acceptors (Lipinski definition) is 3. The quantitative estimate of drug-likeness (QED) is 0.792. The molecule has 0 spiro atoms. The highest BCUT2D eigenvalue weighted by atomic mass is 16.6. The summed E-state index contributed by atoms with van der Waals surface area (Å²) in [7, 11) is 0. The van der Waals surface area contributed by atoms with E-state index in [9.17, 15) is 9.59 Å². The van der Waals surface area contributed by atoms with E-state index in [2.05, 4.69) is 5.32 Å². The third kappa shape index (κ3) is 5.06. The summed E-state index contributed by atoms with van der Waals surface area (Å²) >= 11 is 0. The number of aliphatic carboxylic acids is 1. The van der Waals surface area contributed by atoms with E-state index in [4.69, 9.17) is 9.84 Å². The Morgan fingerprint density at radius 2 is 1.88 bits per heavy atom. The Hall–Kier alpha value is -1.26. The Bertz CT molecular complexity index is 270. The first kappa shape index (κ1) is 13.8. The molecule has 0 aromatic carbocycles. The van der Waals surface area contributed by atoms with Crippen LogP contribution in [0.4, 0.5) is 4.79 Å². The van der Waals surface area contributed by atoms with Gasteiger partial charge in [-0.1, -0.05) is 0 Å². The normalized spacial score (nSPS) is 24.4. The molecule has 98 valence electrons. The highest BCUT2D eigenvalue weighted by molar-refractivity contribution is 5.70. The number of amides is 1. The van der Waals surface area contributed by atoms with Gasteiger partial charge in [-0.2, -0.15) is 0 Å². The SMILES string of the molecule is CC(C)OC(=O)NCC1CCC(C(=O)O)CC1. The summed E-state index contributed by atoms with van der Waals surface area (Å²) in [5, 5.41) is 11.6. The lowest BCUT2D eigenvalue weighted by Crippen LogP contribution is -2.33. The molecule has 0 unspecified atom stereocenters. The molecule has 0 aromatic rings. The van der Waals surface area contributed by atoms with Crippen LogP contribution >= 0.6 is 0 Å². The lowest BCUT2D eigenvalue weighted by Gasteiger charge is -2.26. The van der Waals surface area contributed by atoms with Gasteiger partial charge in [0.2, 0.25) is 0 Å². The molecule has 1 saturated carbocycles. The topological polar surface area (TPSA) is 75.6 Å². The summed E-state index contributed by atoms with van der Waals surface area (Å²) in [4.78, 5) is 22.0. The van der Waals surface area contributed by atoms with Crippen LogP contribution in [0.2, 0.25) is 0 Å². The molecule has 17 heavy (non-hydrogen) atoms. The Morgan fingerprint density at radius 1 is 1.29 bits per heavy atom. The summed E-state index contributed by atoms with van der Waals surface area (Å²) in [6.07, 6.45) is 2.64. The lowest BCUT2D eigenvalue weighted by atomic mass is 9.82. The third-order valence-corrected chi connectivity index (χ3v) is 3.07. The molecule has 1 rings (SSSR count). The van der Waals surface area contributed by atoms with Crippen molar-refractivity contribution in [3.8, 4) is 0 Å². The third-order valence-electron chi connectivity index (χ3n) is 3.07. The second-order valence-electron chi connectivity index (χ2n) is 4.89. The predicted octanol–water partition coefficient (Wildman–Crippen LogP) is 2.01. The zero-order valence-electron chi connectivity index (χ0n) is 10.4. The molecule has 0 heterocycles. The number of hydrogen-bond donors (Lipinski definition) is 2. The molecule has 0 saturated heterocycles. The van der Waals surface area contributed by atoms with E-state index >= 15 is 0 Å². The summed E-state index contributed by atoms with van der Waals surface area (Å²) in [5.74, 6) is -0.519. The lowest BCUT2D eigenvalue weighted by molar-refractivity contribution is -0.143. The molecule has 1 fully saturated rings. The number of carboxylic acids is 1. The van der Waals surface area contributed by atoms with Crippen LogP contribution in [0.5, 0.6) is 0 Å². The van der Waals surface area contributed by atoms with E-state index < -0.39 is 5.97 Å². The average molecular weight is 243 g/mol. The number of rotatable bonds is 4. The van der Waals surface area contributed by atoms with Crippen molar-refractivity contribution < 1.29 is 19.4 Å². The van der Waals surface area contributed by atoms with Crippen molar-refractivity contribution in [3.63, 3.8) is 0 Å². The van der Waals surface area contributed by atoms with Crippen molar-refractivity contribution in [1.29, 1.82) is 0 Å². The van der Waals surface area contributed by atoms with Crippen LogP contribution < -0.4 is 5.32 Å². The number of carbonyl (C=O) groups excluding carboxylic acids is 1. The Labute approximate surface area is 102 Å². The second kappa shape index (κ2) is 6.47. The van der Waals surface area contributed by atoms with Crippen LogP contribution in [0.1, 0.15) is 39.5 Å². The molecule has 0 aromatic heterocycles. The molecule has 1 aliphatic carbocycles. The van der Waals surface area contributed by atoms with Crippen molar-refractivity contribution >= 4 is 12.1 Å². The van der Waals surface area contributed by atoms with Crippen LogP contribution in [-0.2, 0) is 9.53 Å². The first-order chi connectivity index (χ1) is 7.99. The molecule has 0 atom stereocenters. The van der Waals surface area contributed by atoms with Crippen LogP contribution in [0, 0.1) is 11.8 Å². The van der Waals surface area contributed by atoms with Crippen molar-refractivity contribution in [2.75, 3.05) is 6.54 Å². The van der Waals surface area contributed by atoms with Crippen LogP contribution in [0.15, 0.2) is 0 Å². The van der Waals surface area contributed by atoms with Gasteiger partial charge in [0.1, 0.15) is 0 Å². The zero-order chi connectivity index (χ0) is 12.8. The molecular weight excluding hydrogens is 222 g/mol. The van der Waals surface area contributed by atoms with Crippen LogP contribution in [0.3, 0.4) is 0 Å². The summed E-state index contributed by atoms with van der Waals surface area (Å²) in [6.45, 7) is 4.19. The van der Waals surface area contributed by atoms with Crippen molar-refractivity contribution in [2.24, 2.45) is 11.8 Å². The first-order valence-electron chi connectivity index (χ1n) is 6.16. The monoisotopic (exact) mass is 243 g/mol. The van der Waals surface area contributed by atoms with Gasteiger partial charge in [0.05, 0.1) is 12.0 Å². The van der Waals surface area contributed by atoms with Gasteiger partial charge < -0.3 is 15.2 Å². The van der Waals surface area contributed by atoms with E-state index in [1.165, 1.54) is 0 Å². The maximum absolute atomic E-state index is 11.2. The van der Waals surface area contributed by atoms with Gasteiger partial charge in [-0.15, -0.1) is 0 Å². The molecule has 5 nitrogen and oxygen atoms in total. The van der Waals surface area contributed by atoms with E-state index in [-0.39, 0.29) is 18.1 Å². The Kier molecular flexibility index (Phi) is 5.25. The van der Waals surface area contributed by atoms with Gasteiger partial charge in [-0.3, -0.25) is 4.79 Å². The zero-order valence-corrected chi connectivity index (χ0v) is 10.4. The molecule has 0 aliphatic heterocycles. The fourth-order valence-corrected chi connectivity index (χ4v) is 2.10. The van der Waals surface area contributed by atoms with Gasteiger partial charge >= 0.3 is 12.1 Å². The summed E-state index contributed by atoms with van der Waals surface area (Å²) in [5.41, 5.74) is 0. The molecule has 0 bridgehead atoms. The van der Waals surface area contributed by atoms with Gasteiger partial charge in [-0.05, 0) is 45.4 Å². The van der Waals surface area contributed by atoms with E-state index in [1.807, 2.05) is 0 Å². The minimum absolute atomic E-state index is 0.113. The fourth-order valence-electron chi connectivity index (χ4n) is 2.10. The van der Waals surface area contributed by atoms with Gasteiger partial charge in [0.25, 0.3) is 0 Å². The number of alkyl carbamates (subject to hydrolysis) is 1. The Balaban J connectivity index is 2.18. The maximum Gasteiger partial charge on any atom is 0.407 e.